The third-order valence-corrected chi connectivity index (χ3v) is 7.97. The average Bonchev–Trinajstić information content (AvgIpc) is 3.23. The number of piperidine rings is 1. The molecule has 2 bridgehead atoms. The van der Waals surface area contributed by atoms with E-state index in [0.717, 1.165) is 24.2 Å². The van der Waals surface area contributed by atoms with E-state index in [1.807, 2.05) is 6.07 Å². The second-order valence-electron chi connectivity index (χ2n) is 9.21. The van der Waals surface area contributed by atoms with Gasteiger partial charge in [0.2, 0.25) is 0 Å². The van der Waals surface area contributed by atoms with Crippen LogP contribution in [0, 0.1) is 5.92 Å². The number of rotatable bonds is 2. The summed E-state index contributed by atoms with van der Waals surface area (Å²) in [4.78, 5) is 13.8. The third kappa shape index (κ3) is 1.88. The van der Waals surface area contributed by atoms with Gasteiger partial charge in [0.05, 0.1) is 30.1 Å². The third-order valence-electron chi connectivity index (χ3n) is 7.97. The van der Waals surface area contributed by atoms with Crippen molar-refractivity contribution in [1.82, 2.24) is 4.90 Å². The Morgan fingerprint density at radius 3 is 2.89 bits per heavy atom. The first-order valence-corrected chi connectivity index (χ1v) is 10.3. The molecule has 0 amide bonds. The summed E-state index contributed by atoms with van der Waals surface area (Å²) in [6.45, 7) is 1.94. The standard InChI is InChI=1S/C21H25NO6/c23-13-2-1-12-8-15-21(26)4-3-14(24)19-20(21,17(12)18(13)28-19)5-6-22(15)9-11-7-16(25)27-10-11/h1-2,11,14-15,19,23-24,26H,3-10H2/t11?,14-,15+,19-,20-,21+/m0/s1. The molecule has 6 rings (SSSR count). The fourth-order valence-corrected chi connectivity index (χ4v) is 6.84. The van der Waals surface area contributed by atoms with Crippen LogP contribution in [-0.2, 0) is 21.4 Å². The molecule has 1 spiro atoms. The lowest BCUT2D eigenvalue weighted by Crippen LogP contribution is -2.77. The molecule has 7 heteroatoms. The Morgan fingerprint density at radius 2 is 2.11 bits per heavy atom. The SMILES string of the molecule is O=C1CC(CN2CC[C@]34c5c6ccc(O)c5O[C@H]3[C@@H](O)CC[C@@]4(O)[C@H]2C6)CO1. The van der Waals surface area contributed by atoms with Crippen LogP contribution in [0.25, 0.3) is 0 Å². The summed E-state index contributed by atoms with van der Waals surface area (Å²) >= 11 is 0. The van der Waals surface area contributed by atoms with E-state index in [4.69, 9.17) is 9.47 Å². The molecular weight excluding hydrogens is 362 g/mol. The van der Waals surface area contributed by atoms with Crippen molar-refractivity contribution >= 4 is 5.97 Å². The largest absolute Gasteiger partial charge is 0.504 e. The highest BCUT2D eigenvalue weighted by Crippen LogP contribution is 2.65. The lowest BCUT2D eigenvalue weighted by atomic mass is 9.48. The molecular formula is C21H25NO6. The van der Waals surface area contributed by atoms with E-state index >= 15 is 0 Å². The number of phenolic OH excluding ortho intramolecular Hbond substituents is 1. The number of hydrogen-bond donors (Lipinski definition) is 3. The predicted molar refractivity (Wildman–Crippen MR) is 97.1 cm³/mol. The molecule has 1 aromatic rings. The molecule has 3 aliphatic heterocycles. The summed E-state index contributed by atoms with van der Waals surface area (Å²) < 4.78 is 11.3. The monoisotopic (exact) mass is 387 g/mol. The molecule has 1 aromatic carbocycles. The smallest absolute Gasteiger partial charge is 0.306 e. The van der Waals surface area contributed by atoms with Crippen molar-refractivity contribution in [3.05, 3.63) is 23.3 Å². The van der Waals surface area contributed by atoms with Crippen LogP contribution < -0.4 is 4.74 Å². The van der Waals surface area contributed by atoms with Crippen LogP contribution in [0.4, 0.5) is 0 Å². The minimum Gasteiger partial charge on any atom is -0.504 e. The molecule has 150 valence electrons. The molecule has 28 heavy (non-hydrogen) atoms. The predicted octanol–water partition coefficient (Wildman–Crippen LogP) is 0.470. The molecule has 0 radical (unpaired) electrons. The van der Waals surface area contributed by atoms with E-state index in [0.29, 0.717) is 44.5 Å². The van der Waals surface area contributed by atoms with Crippen molar-refractivity contribution in [2.45, 2.75) is 61.4 Å². The molecule has 1 unspecified atom stereocenters. The fraction of sp³-hybridized carbons (Fsp3) is 0.667. The number of benzene rings is 1. The fourth-order valence-electron chi connectivity index (χ4n) is 6.84. The summed E-state index contributed by atoms with van der Waals surface area (Å²) in [5.41, 5.74) is 0.289. The molecule has 3 heterocycles. The summed E-state index contributed by atoms with van der Waals surface area (Å²) in [5.74, 6) is 0.547. The number of aliphatic hydroxyl groups excluding tert-OH is 1. The minimum atomic E-state index is -1.02. The van der Waals surface area contributed by atoms with Crippen molar-refractivity contribution < 1.29 is 29.6 Å². The number of carbonyl (C=O) groups is 1. The number of esters is 1. The zero-order chi connectivity index (χ0) is 19.3. The molecule has 2 aliphatic carbocycles. The van der Waals surface area contributed by atoms with Gasteiger partial charge in [0.15, 0.2) is 11.5 Å². The molecule has 7 nitrogen and oxygen atoms in total. The normalized spacial score (nSPS) is 43.4. The molecule has 5 aliphatic rings. The Bertz CT molecular complexity index is 873. The Kier molecular flexibility index (Phi) is 3.29. The maximum atomic E-state index is 12.1. The first-order valence-electron chi connectivity index (χ1n) is 10.3. The van der Waals surface area contributed by atoms with E-state index in [1.165, 1.54) is 0 Å². The van der Waals surface area contributed by atoms with E-state index in [1.54, 1.807) is 6.07 Å². The van der Waals surface area contributed by atoms with Gasteiger partial charge < -0.3 is 24.8 Å². The van der Waals surface area contributed by atoms with Crippen molar-refractivity contribution in [2.24, 2.45) is 5.92 Å². The Balaban J connectivity index is 1.46. The molecule has 6 atom stereocenters. The first kappa shape index (κ1) is 17.1. The minimum absolute atomic E-state index is 0.0829. The second-order valence-corrected chi connectivity index (χ2v) is 9.21. The highest BCUT2D eigenvalue weighted by Gasteiger charge is 2.72. The number of phenols is 1. The van der Waals surface area contributed by atoms with Crippen molar-refractivity contribution in [3.63, 3.8) is 0 Å². The van der Waals surface area contributed by atoms with Gasteiger partial charge in [-0.05, 0) is 43.9 Å². The van der Waals surface area contributed by atoms with Crippen LogP contribution in [-0.4, -0.2) is 69.7 Å². The maximum absolute atomic E-state index is 12.1. The Morgan fingerprint density at radius 1 is 1.25 bits per heavy atom. The van der Waals surface area contributed by atoms with Gasteiger partial charge in [-0.2, -0.15) is 0 Å². The van der Waals surface area contributed by atoms with Gasteiger partial charge >= 0.3 is 5.97 Å². The molecule has 3 fully saturated rings. The molecule has 3 N–H and O–H groups in total. The number of nitrogens with zero attached hydrogens (tertiary/aromatic N) is 1. The van der Waals surface area contributed by atoms with E-state index in [2.05, 4.69) is 4.90 Å². The highest BCUT2D eigenvalue weighted by atomic mass is 16.5. The molecule has 0 aromatic heterocycles. The first-order chi connectivity index (χ1) is 13.4. The van der Waals surface area contributed by atoms with Gasteiger partial charge in [0.1, 0.15) is 6.10 Å². The highest BCUT2D eigenvalue weighted by molar-refractivity contribution is 5.71. The van der Waals surface area contributed by atoms with Crippen molar-refractivity contribution in [2.75, 3.05) is 19.7 Å². The summed E-state index contributed by atoms with van der Waals surface area (Å²) in [7, 11) is 0. The van der Waals surface area contributed by atoms with Gasteiger partial charge in [-0.25, -0.2) is 0 Å². The summed E-state index contributed by atoms with van der Waals surface area (Å²) in [5, 5.41) is 33.2. The van der Waals surface area contributed by atoms with E-state index in [-0.39, 0.29) is 23.7 Å². The lowest BCUT2D eigenvalue weighted by Gasteiger charge is -2.63. The maximum Gasteiger partial charge on any atom is 0.306 e. The van der Waals surface area contributed by atoms with Crippen LogP contribution in [0.5, 0.6) is 11.5 Å². The zero-order valence-corrected chi connectivity index (χ0v) is 15.6. The number of aromatic hydroxyl groups is 1. The number of hydrogen-bond acceptors (Lipinski definition) is 7. The molecule has 2 saturated heterocycles. The van der Waals surface area contributed by atoms with Crippen LogP contribution in [0.3, 0.4) is 0 Å². The van der Waals surface area contributed by atoms with Gasteiger partial charge in [0.25, 0.3) is 0 Å². The number of aliphatic hydroxyl groups is 2. The Hall–Kier alpha value is -1.83. The molecule has 1 saturated carbocycles. The van der Waals surface area contributed by atoms with E-state index < -0.39 is 23.2 Å². The van der Waals surface area contributed by atoms with Gasteiger partial charge in [-0.15, -0.1) is 0 Å². The van der Waals surface area contributed by atoms with Gasteiger partial charge in [-0.1, -0.05) is 6.07 Å². The summed E-state index contributed by atoms with van der Waals surface area (Å²) in [6, 6.07) is 3.49. The van der Waals surface area contributed by atoms with Gasteiger partial charge in [0, 0.05) is 24.1 Å². The summed E-state index contributed by atoms with van der Waals surface area (Å²) in [6.07, 6.45) is 1.56. The van der Waals surface area contributed by atoms with E-state index in [9.17, 15) is 20.1 Å². The number of cyclic esters (lactones) is 1. The van der Waals surface area contributed by atoms with Gasteiger partial charge in [-0.3, -0.25) is 9.69 Å². The van der Waals surface area contributed by atoms with Crippen LogP contribution >= 0.6 is 0 Å². The van der Waals surface area contributed by atoms with Crippen LogP contribution in [0.15, 0.2) is 12.1 Å². The number of carbonyl (C=O) groups excluding carboxylic acids is 1. The quantitative estimate of drug-likeness (QED) is 0.635. The van der Waals surface area contributed by atoms with Crippen molar-refractivity contribution in [1.29, 1.82) is 0 Å². The van der Waals surface area contributed by atoms with Crippen LogP contribution in [0.1, 0.15) is 36.8 Å². The number of likely N-dealkylation sites (tertiary alicyclic amines) is 1. The van der Waals surface area contributed by atoms with Crippen molar-refractivity contribution in [3.8, 4) is 11.5 Å². The topological polar surface area (TPSA) is 99.5 Å². The average molecular weight is 387 g/mol. The second kappa shape index (κ2) is 5.40. The van der Waals surface area contributed by atoms with Crippen LogP contribution in [0.2, 0.25) is 0 Å². The lowest BCUT2D eigenvalue weighted by molar-refractivity contribution is -0.209. The number of ether oxygens (including phenoxy) is 2. The Labute approximate surface area is 162 Å². The zero-order valence-electron chi connectivity index (χ0n) is 15.6.